The number of aromatic nitrogens is 2. The lowest BCUT2D eigenvalue weighted by atomic mass is 9.75. The van der Waals surface area contributed by atoms with Crippen molar-refractivity contribution in [2.75, 3.05) is 18.0 Å². The monoisotopic (exact) mass is 260 g/mol. The summed E-state index contributed by atoms with van der Waals surface area (Å²) in [4.78, 5) is 2.32. The van der Waals surface area contributed by atoms with Crippen molar-refractivity contribution in [3.63, 3.8) is 0 Å². The average Bonchev–Trinajstić information content (AvgIpc) is 2.62. The van der Waals surface area contributed by atoms with Crippen molar-refractivity contribution < 1.29 is 0 Å². The van der Waals surface area contributed by atoms with Crippen LogP contribution in [0.25, 0.3) is 0 Å². The van der Waals surface area contributed by atoms with Gasteiger partial charge in [-0.05, 0) is 31.1 Å². The van der Waals surface area contributed by atoms with E-state index < -0.39 is 0 Å². The van der Waals surface area contributed by atoms with E-state index in [2.05, 4.69) is 36.8 Å². The maximum absolute atomic E-state index is 9.29. The molecule has 0 amide bonds. The molecule has 0 spiro atoms. The normalized spacial score (nSPS) is 17.6. The Morgan fingerprint density at radius 1 is 1.26 bits per heavy atom. The Morgan fingerprint density at radius 3 is 2.32 bits per heavy atom. The first kappa shape index (κ1) is 13.9. The molecule has 2 rings (SSSR count). The molecule has 0 aromatic carbocycles. The molecule has 0 atom stereocenters. The Bertz CT molecular complexity index is 493. The fourth-order valence-electron chi connectivity index (χ4n) is 3.10. The van der Waals surface area contributed by atoms with Crippen LogP contribution in [0.5, 0.6) is 0 Å². The van der Waals surface area contributed by atoms with Crippen LogP contribution in [0.3, 0.4) is 0 Å². The highest BCUT2D eigenvalue weighted by atomic mass is 15.4. The molecule has 0 N–H and O–H groups in total. The van der Waals surface area contributed by atoms with Crippen LogP contribution in [-0.2, 0) is 7.05 Å². The van der Waals surface area contributed by atoms with Gasteiger partial charge in [-0.1, -0.05) is 20.8 Å². The molecule has 0 saturated carbocycles. The number of nitriles is 1. The van der Waals surface area contributed by atoms with Crippen LogP contribution in [0.2, 0.25) is 0 Å². The van der Waals surface area contributed by atoms with Crippen LogP contribution in [0.4, 0.5) is 5.82 Å². The Labute approximate surface area is 116 Å². The van der Waals surface area contributed by atoms with Crippen molar-refractivity contribution in [3.8, 4) is 6.07 Å². The van der Waals surface area contributed by atoms with E-state index in [4.69, 9.17) is 0 Å². The van der Waals surface area contributed by atoms with Crippen molar-refractivity contribution in [1.29, 1.82) is 5.26 Å². The van der Waals surface area contributed by atoms with Gasteiger partial charge in [0.05, 0.1) is 5.69 Å². The number of nitrogens with zero attached hydrogens (tertiary/aromatic N) is 4. The van der Waals surface area contributed by atoms with Crippen molar-refractivity contribution in [3.05, 3.63) is 11.3 Å². The SMILES string of the molecule is Cc1nn(C)c(N2CCC(C(C)(C)C)CC2)c1C#N. The lowest BCUT2D eigenvalue weighted by Crippen LogP contribution is -2.39. The lowest BCUT2D eigenvalue weighted by Gasteiger charge is -2.39. The number of rotatable bonds is 1. The third-order valence-electron chi connectivity index (χ3n) is 4.32. The minimum atomic E-state index is 0.381. The summed E-state index contributed by atoms with van der Waals surface area (Å²) >= 11 is 0. The van der Waals surface area contributed by atoms with Crippen LogP contribution in [0, 0.1) is 29.6 Å². The molecule has 1 aliphatic heterocycles. The number of aryl methyl sites for hydroxylation is 2. The minimum Gasteiger partial charge on any atom is -0.356 e. The van der Waals surface area contributed by atoms with E-state index in [1.54, 1.807) is 0 Å². The van der Waals surface area contributed by atoms with Gasteiger partial charge in [-0.25, -0.2) is 0 Å². The molecule has 19 heavy (non-hydrogen) atoms. The summed E-state index contributed by atoms with van der Waals surface area (Å²) < 4.78 is 1.85. The van der Waals surface area contributed by atoms with Gasteiger partial charge in [0.1, 0.15) is 17.5 Å². The minimum absolute atomic E-state index is 0.381. The molecule has 0 unspecified atom stereocenters. The maximum Gasteiger partial charge on any atom is 0.144 e. The van der Waals surface area contributed by atoms with Crippen molar-refractivity contribution >= 4 is 5.82 Å². The first-order valence-corrected chi connectivity index (χ1v) is 7.03. The highest BCUT2D eigenvalue weighted by molar-refractivity contribution is 5.57. The van der Waals surface area contributed by atoms with Gasteiger partial charge < -0.3 is 4.90 Å². The molecule has 1 saturated heterocycles. The zero-order valence-electron chi connectivity index (χ0n) is 12.7. The molecule has 4 nitrogen and oxygen atoms in total. The van der Waals surface area contributed by atoms with Gasteiger partial charge in [-0.3, -0.25) is 4.68 Å². The van der Waals surface area contributed by atoms with Crippen LogP contribution < -0.4 is 4.90 Å². The van der Waals surface area contributed by atoms with E-state index in [1.165, 1.54) is 12.8 Å². The van der Waals surface area contributed by atoms with Crippen molar-refractivity contribution in [2.45, 2.75) is 40.5 Å². The molecule has 0 aliphatic carbocycles. The Hall–Kier alpha value is -1.50. The second kappa shape index (κ2) is 4.88. The predicted molar refractivity (Wildman–Crippen MR) is 77.1 cm³/mol. The fourth-order valence-corrected chi connectivity index (χ4v) is 3.10. The predicted octanol–water partition coefficient (Wildman–Crippen LogP) is 2.86. The quantitative estimate of drug-likeness (QED) is 0.780. The molecule has 4 heteroatoms. The molecule has 1 aromatic rings. The summed E-state index contributed by atoms with van der Waals surface area (Å²) in [6.45, 7) is 10.9. The smallest absolute Gasteiger partial charge is 0.144 e. The second-order valence-corrected chi connectivity index (χ2v) is 6.65. The molecule has 104 valence electrons. The zero-order chi connectivity index (χ0) is 14.2. The first-order chi connectivity index (χ1) is 8.84. The topological polar surface area (TPSA) is 44.9 Å². The molecule has 0 radical (unpaired) electrons. The number of hydrogen-bond acceptors (Lipinski definition) is 3. The third-order valence-corrected chi connectivity index (χ3v) is 4.32. The van der Waals surface area contributed by atoms with E-state index in [0.717, 1.165) is 36.1 Å². The van der Waals surface area contributed by atoms with Crippen molar-refractivity contribution in [1.82, 2.24) is 9.78 Å². The van der Waals surface area contributed by atoms with Crippen LogP contribution in [-0.4, -0.2) is 22.9 Å². The van der Waals surface area contributed by atoms with Gasteiger partial charge >= 0.3 is 0 Å². The Kier molecular flexibility index (Phi) is 3.58. The standard InChI is InChI=1S/C15H24N4/c1-11-13(10-16)14(18(5)17-11)19-8-6-12(7-9-19)15(2,3)4/h12H,6-9H2,1-5H3. The van der Waals surface area contributed by atoms with Crippen molar-refractivity contribution in [2.24, 2.45) is 18.4 Å². The fraction of sp³-hybridized carbons (Fsp3) is 0.733. The lowest BCUT2D eigenvalue weighted by molar-refractivity contribution is 0.198. The summed E-state index contributed by atoms with van der Waals surface area (Å²) in [6.07, 6.45) is 2.39. The summed E-state index contributed by atoms with van der Waals surface area (Å²) in [5.74, 6) is 1.76. The Balaban J connectivity index is 2.17. The second-order valence-electron chi connectivity index (χ2n) is 6.65. The van der Waals surface area contributed by atoms with Gasteiger partial charge in [-0.15, -0.1) is 0 Å². The number of hydrogen-bond donors (Lipinski definition) is 0. The van der Waals surface area contributed by atoms with E-state index in [1.807, 2.05) is 18.7 Å². The van der Waals surface area contributed by atoms with Crippen LogP contribution in [0.1, 0.15) is 44.9 Å². The van der Waals surface area contributed by atoms with E-state index in [-0.39, 0.29) is 0 Å². The van der Waals surface area contributed by atoms with E-state index in [9.17, 15) is 5.26 Å². The molecule has 1 aliphatic rings. The number of anilines is 1. The molecule has 1 aromatic heterocycles. The number of piperidine rings is 1. The molecule has 1 fully saturated rings. The van der Waals surface area contributed by atoms with Gasteiger partial charge in [0.15, 0.2) is 0 Å². The van der Waals surface area contributed by atoms with Gasteiger partial charge in [0, 0.05) is 20.1 Å². The maximum atomic E-state index is 9.29. The van der Waals surface area contributed by atoms with E-state index >= 15 is 0 Å². The summed E-state index contributed by atoms with van der Waals surface area (Å²) in [5.41, 5.74) is 1.95. The molecular weight excluding hydrogens is 236 g/mol. The summed E-state index contributed by atoms with van der Waals surface area (Å²) in [7, 11) is 1.93. The first-order valence-electron chi connectivity index (χ1n) is 7.03. The summed E-state index contributed by atoms with van der Waals surface area (Å²) in [6, 6.07) is 2.30. The molecule has 2 heterocycles. The van der Waals surface area contributed by atoms with Gasteiger partial charge in [0.25, 0.3) is 0 Å². The third kappa shape index (κ3) is 2.60. The molecular formula is C15H24N4. The van der Waals surface area contributed by atoms with Gasteiger partial charge in [-0.2, -0.15) is 10.4 Å². The van der Waals surface area contributed by atoms with E-state index in [0.29, 0.717) is 5.41 Å². The largest absolute Gasteiger partial charge is 0.356 e. The highest BCUT2D eigenvalue weighted by Crippen LogP contribution is 2.36. The zero-order valence-corrected chi connectivity index (χ0v) is 12.7. The van der Waals surface area contributed by atoms with Crippen LogP contribution >= 0.6 is 0 Å². The summed E-state index contributed by atoms with van der Waals surface area (Å²) in [5, 5.41) is 13.7. The van der Waals surface area contributed by atoms with Crippen LogP contribution in [0.15, 0.2) is 0 Å². The Morgan fingerprint density at radius 2 is 1.84 bits per heavy atom. The average molecular weight is 260 g/mol. The molecule has 0 bridgehead atoms. The highest BCUT2D eigenvalue weighted by Gasteiger charge is 2.30. The van der Waals surface area contributed by atoms with Gasteiger partial charge in [0.2, 0.25) is 0 Å².